The zero-order valence-corrected chi connectivity index (χ0v) is 15.6. The summed E-state index contributed by atoms with van der Waals surface area (Å²) in [4.78, 5) is 24.9. The first-order valence-electron chi connectivity index (χ1n) is 8.22. The molecular formula is C20H23ClN2O2. The van der Waals surface area contributed by atoms with Crippen LogP contribution in [0.2, 0.25) is 5.02 Å². The largest absolute Gasteiger partial charge is 0.273 e. The van der Waals surface area contributed by atoms with Gasteiger partial charge in [-0.3, -0.25) is 20.4 Å². The lowest BCUT2D eigenvalue weighted by Crippen LogP contribution is -2.45. The standard InChI is InChI=1S/C20H23ClN2O2/c1-12(2)18(15-6-8-16(21)9-7-15)20(25)23-22-19(24)17-10-5-13(3)11-14(17)4/h5-12,18H,1-4H3,(H,22,24)(H,23,25)/t18-/m1/s1. The summed E-state index contributed by atoms with van der Waals surface area (Å²) in [5, 5.41) is 0.620. The molecule has 1 atom stereocenters. The summed E-state index contributed by atoms with van der Waals surface area (Å²) in [6.45, 7) is 7.76. The van der Waals surface area contributed by atoms with Gasteiger partial charge in [-0.15, -0.1) is 0 Å². The molecule has 0 radical (unpaired) electrons. The van der Waals surface area contributed by atoms with Crippen LogP contribution in [0.5, 0.6) is 0 Å². The molecule has 25 heavy (non-hydrogen) atoms. The molecule has 0 heterocycles. The van der Waals surface area contributed by atoms with E-state index in [2.05, 4.69) is 10.9 Å². The highest BCUT2D eigenvalue weighted by molar-refractivity contribution is 6.30. The average molecular weight is 359 g/mol. The number of amides is 2. The van der Waals surface area contributed by atoms with E-state index in [9.17, 15) is 9.59 Å². The Bertz CT molecular complexity index is 770. The first kappa shape index (κ1) is 19.0. The topological polar surface area (TPSA) is 58.2 Å². The van der Waals surface area contributed by atoms with Crippen molar-refractivity contribution in [2.75, 3.05) is 0 Å². The van der Waals surface area contributed by atoms with E-state index in [1.165, 1.54) is 0 Å². The molecule has 0 spiro atoms. The molecule has 2 rings (SSSR count). The van der Waals surface area contributed by atoms with Crippen molar-refractivity contribution >= 4 is 23.4 Å². The summed E-state index contributed by atoms with van der Waals surface area (Å²) < 4.78 is 0. The third-order valence-corrected chi connectivity index (χ3v) is 4.36. The highest BCUT2D eigenvalue weighted by Crippen LogP contribution is 2.25. The smallest absolute Gasteiger partial charge is 0.269 e. The lowest BCUT2D eigenvalue weighted by Gasteiger charge is -2.21. The lowest BCUT2D eigenvalue weighted by molar-refractivity contribution is -0.124. The molecule has 0 unspecified atom stereocenters. The third-order valence-electron chi connectivity index (χ3n) is 4.10. The summed E-state index contributed by atoms with van der Waals surface area (Å²) in [6.07, 6.45) is 0. The van der Waals surface area contributed by atoms with E-state index in [1.807, 2.05) is 52.0 Å². The van der Waals surface area contributed by atoms with Crippen LogP contribution >= 0.6 is 11.6 Å². The van der Waals surface area contributed by atoms with Crippen molar-refractivity contribution in [1.29, 1.82) is 0 Å². The Balaban J connectivity index is 2.08. The van der Waals surface area contributed by atoms with Crippen LogP contribution in [0, 0.1) is 19.8 Å². The quantitative estimate of drug-likeness (QED) is 0.806. The highest BCUT2D eigenvalue weighted by Gasteiger charge is 2.24. The van der Waals surface area contributed by atoms with Gasteiger partial charge in [-0.25, -0.2) is 0 Å². The van der Waals surface area contributed by atoms with Crippen LogP contribution in [-0.4, -0.2) is 11.8 Å². The molecule has 2 aromatic carbocycles. The molecule has 4 nitrogen and oxygen atoms in total. The Labute approximate surface area is 153 Å². The van der Waals surface area contributed by atoms with Gasteiger partial charge in [0.05, 0.1) is 5.92 Å². The van der Waals surface area contributed by atoms with Crippen LogP contribution in [0.25, 0.3) is 0 Å². The fraction of sp³-hybridized carbons (Fsp3) is 0.300. The maximum Gasteiger partial charge on any atom is 0.269 e. The van der Waals surface area contributed by atoms with Crippen LogP contribution < -0.4 is 10.9 Å². The number of carbonyl (C=O) groups excluding carboxylic acids is 2. The number of halogens is 1. The number of hydrazine groups is 1. The van der Waals surface area contributed by atoms with Crippen LogP contribution in [0.4, 0.5) is 0 Å². The Kier molecular flexibility index (Phi) is 6.21. The second-order valence-corrected chi connectivity index (χ2v) is 6.97. The first-order valence-corrected chi connectivity index (χ1v) is 8.60. The molecule has 0 aromatic heterocycles. The van der Waals surface area contributed by atoms with E-state index >= 15 is 0 Å². The normalized spacial score (nSPS) is 11.9. The average Bonchev–Trinajstić information content (AvgIpc) is 2.54. The second kappa shape index (κ2) is 8.17. The van der Waals surface area contributed by atoms with Crippen LogP contribution in [0.15, 0.2) is 42.5 Å². The summed E-state index contributed by atoms with van der Waals surface area (Å²) in [5.41, 5.74) is 8.41. The first-order chi connectivity index (χ1) is 11.8. The van der Waals surface area contributed by atoms with E-state index in [1.54, 1.807) is 18.2 Å². The molecule has 2 amide bonds. The Morgan fingerprint density at radius 2 is 1.60 bits per heavy atom. The van der Waals surface area contributed by atoms with E-state index in [-0.39, 0.29) is 23.7 Å². The predicted octanol–water partition coefficient (Wildman–Crippen LogP) is 4.16. The van der Waals surface area contributed by atoms with E-state index in [0.717, 1.165) is 16.7 Å². The zero-order valence-electron chi connectivity index (χ0n) is 14.9. The highest BCUT2D eigenvalue weighted by atomic mass is 35.5. The zero-order chi connectivity index (χ0) is 18.6. The predicted molar refractivity (Wildman–Crippen MR) is 101 cm³/mol. The van der Waals surface area contributed by atoms with Gasteiger partial charge in [0.25, 0.3) is 5.91 Å². The van der Waals surface area contributed by atoms with Gasteiger partial charge >= 0.3 is 0 Å². The molecule has 132 valence electrons. The molecule has 0 saturated carbocycles. The van der Waals surface area contributed by atoms with Gasteiger partial charge in [0.15, 0.2) is 0 Å². The molecule has 0 saturated heterocycles. The maximum absolute atomic E-state index is 12.6. The summed E-state index contributed by atoms with van der Waals surface area (Å²) >= 11 is 5.91. The van der Waals surface area contributed by atoms with Gasteiger partial charge < -0.3 is 0 Å². The molecule has 0 aliphatic carbocycles. The van der Waals surface area contributed by atoms with Gasteiger partial charge in [-0.2, -0.15) is 0 Å². The van der Waals surface area contributed by atoms with Crippen molar-refractivity contribution in [2.45, 2.75) is 33.6 Å². The number of carbonyl (C=O) groups is 2. The molecule has 0 bridgehead atoms. The van der Waals surface area contributed by atoms with Crippen LogP contribution in [0.1, 0.15) is 46.8 Å². The minimum absolute atomic E-state index is 0.0687. The second-order valence-electron chi connectivity index (χ2n) is 6.53. The van der Waals surface area contributed by atoms with Gasteiger partial charge in [-0.1, -0.05) is 55.3 Å². The van der Waals surface area contributed by atoms with Crippen molar-refractivity contribution < 1.29 is 9.59 Å². The third kappa shape index (κ3) is 4.83. The van der Waals surface area contributed by atoms with E-state index in [0.29, 0.717) is 10.6 Å². The van der Waals surface area contributed by atoms with E-state index in [4.69, 9.17) is 11.6 Å². The molecule has 0 aliphatic heterocycles. The van der Waals surface area contributed by atoms with Crippen molar-refractivity contribution in [3.8, 4) is 0 Å². The SMILES string of the molecule is Cc1ccc(C(=O)NNC(=O)[C@@H](c2ccc(Cl)cc2)C(C)C)c(C)c1. The van der Waals surface area contributed by atoms with Gasteiger partial charge in [0.1, 0.15) is 0 Å². The lowest BCUT2D eigenvalue weighted by atomic mass is 9.88. The molecule has 5 heteroatoms. The molecular weight excluding hydrogens is 336 g/mol. The Morgan fingerprint density at radius 3 is 2.16 bits per heavy atom. The number of hydrogen-bond acceptors (Lipinski definition) is 2. The minimum atomic E-state index is -0.378. The summed E-state index contributed by atoms with van der Waals surface area (Å²) in [7, 11) is 0. The number of hydrogen-bond donors (Lipinski definition) is 2. The number of aryl methyl sites for hydroxylation is 2. The molecule has 0 fully saturated rings. The minimum Gasteiger partial charge on any atom is -0.273 e. The van der Waals surface area contributed by atoms with Gasteiger partial charge in [0, 0.05) is 10.6 Å². The van der Waals surface area contributed by atoms with Crippen LogP contribution in [-0.2, 0) is 4.79 Å². The Hall–Kier alpha value is -2.33. The molecule has 2 aromatic rings. The van der Waals surface area contributed by atoms with Crippen molar-refractivity contribution in [3.63, 3.8) is 0 Å². The van der Waals surface area contributed by atoms with Crippen molar-refractivity contribution in [2.24, 2.45) is 5.92 Å². The maximum atomic E-state index is 12.6. The fourth-order valence-corrected chi connectivity index (χ4v) is 2.97. The van der Waals surface area contributed by atoms with Crippen molar-refractivity contribution in [3.05, 3.63) is 69.7 Å². The summed E-state index contributed by atoms with van der Waals surface area (Å²) in [5.74, 6) is -0.893. The number of benzene rings is 2. The fourth-order valence-electron chi connectivity index (χ4n) is 2.84. The number of nitrogens with one attached hydrogen (secondary N) is 2. The van der Waals surface area contributed by atoms with Gasteiger partial charge in [0.2, 0.25) is 5.91 Å². The number of rotatable bonds is 4. The van der Waals surface area contributed by atoms with Gasteiger partial charge in [-0.05, 0) is 49.1 Å². The Morgan fingerprint density at radius 1 is 0.960 bits per heavy atom. The van der Waals surface area contributed by atoms with Crippen LogP contribution in [0.3, 0.4) is 0 Å². The monoisotopic (exact) mass is 358 g/mol. The summed E-state index contributed by atoms with van der Waals surface area (Å²) in [6, 6.07) is 12.7. The molecule has 2 N–H and O–H groups in total. The van der Waals surface area contributed by atoms with Crippen molar-refractivity contribution in [1.82, 2.24) is 10.9 Å². The van der Waals surface area contributed by atoms with E-state index < -0.39 is 0 Å². The molecule has 0 aliphatic rings.